The molecule has 0 aliphatic rings. The Hall–Kier alpha value is -3.30. The number of ether oxygens (including phenoxy) is 1. The molecule has 0 aliphatic carbocycles. The van der Waals surface area contributed by atoms with Gasteiger partial charge in [0.25, 0.3) is 5.56 Å². The Morgan fingerprint density at radius 3 is 2.43 bits per heavy atom. The summed E-state index contributed by atoms with van der Waals surface area (Å²) in [7, 11) is 0. The van der Waals surface area contributed by atoms with Gasteiger partial charge in [0, 0.05) is 5.56 Å². The summed E-state index contributed by atoms with van der Waals surface area (Å²) in [6.45, 7) is 3.31. The number of nitrogens with zero attached hydrogens (tertiary/aromatic N) is 2. The molecular formula is C18H16F3N3O4. The second-order valence-corrected chi connectivity index (χ2v) is 5.88. The molecule has 0 spiro atoms. The fraction of sp³-hybridized carbons (Fsp3) is 0.278. The van der Waals surface area contributed by atoms with Crippen molar-refractivity contribution >= 4 is 11.6 Å². The van der Waals surface area contributed by atoms with Crippen molar-refractivity contribution in [2.45, 2.75) is 26.4 Å². The van der Waals surface area contributed by atoms with Crippen LogP contribution in [-0.4, -0.2) is 32.3 Å². The number of alkyl halides is 3. The number of hydrogen-bond donors (Lipinski definition) is 2. The van der Waals surface area contributed by atoms with Crippen LogP contribution in [0.2, 0.25) is 0 Å². The van der Waals surface area contributed by atoms with Gasteiger partial charge in [0.05, 0.1) is 17.9 Å². The predicted octanol–water partition coefficient (Wildman–Crippen LogP) is 3.15. The van der Waals surface area contributed by atoms with Crippen LogP contribution in [0.5, 0.6) is 5.88 Å². The minimum atomic E-state index is -4.48. The number of benzene rings is 1. The summed E-state index contributed by atoms with van der Waals surface area (Å²) in [6.07, 6.45) is -4.12. The normalized spacial score (nSPS) is 11.8. The van der Waals surface area contributed by atoms with Crippen molar-refractivity contribution in [3.8, 4) is 17.0 Å². The zero-order valence-electron chi connectivity index (χ0n) is 14.9. The molecule has 0 atom stereocenters. The van der Waals surface area contributed by atoms with Gasteiger partial charge in [-0.15, -0.1) is 0 Å². The minimum absolute atomic E-state index is 0.00583. The third kappa shape index (κ3) is 3.21. The summed E-state index contributed by atoms with van der Waals surface area (Å²) < 4.78 is 44.1. The average molecular weight is 395 g/mol. The first-order chi connectivity index (χ1) is 13.2. The van der Waals surface area contributed by atoms with Crippen molar-refractivity contribution in [1.82, 2.24) is 14.6 Å². The van der Waals surface area contributed by atoms with Crippen molar-refractivity contribution in [2.24, 2.45) is 0 Å². The van der Waals surface area contributed by atoms with Crippen LogP contribution in [-0.2, 0) is 17.3 Å². The van der Waals surface area contributed by atoms with Gasteiger partial charge >= 0.3 is 12.1 Å². The van der Waals surface area contributed by atoms with Crippen LogP contribution in [0.3, 0.4) is 0 Å². The highest BCUT2D eigenvalue weighted by Crippen LogP contribution is 2.33. The number of H-pyrrole nitrogens is 1. The topological polar surface area (TPSA) is 96.7 Å². The van der Waals surface area contributed by atoms with E-state index in [0.717, 1.165) is 16.6 Å². The number of halogens is 3. The highest BCUT2D eigenvalue weighted by Gasteiger charge is 2.30. The highest BCUT2D eigenvalue weighted by molar-refractivity contribution is 5.92. The maximum absolute atomic E-state index is 12.8. The van der Waals surface area contributed by atoms with Crippen molar-refractivity contribution in [3.05, 3.63) is 51.4 Å². The molecule has 2 heterocycles. The van der Waals surface area contributed by atoms with Gasteiger partial charge in [-0.3, -0.25) is 4.79 Å². The molecular weight excluding hydrogens is 379 g/mol. The van der Waals surface area contributed by atoms with Gasteiger partial charge in [0.2, 0.25) is 5.88 Å². The van der Waals surface area contributed by atoms with Gasteiger partial charge in [-0.1, -0.05) is 19.1 Å². The monoisotopic (exact) mass is 395 g/mol. The summed E-state index contributed by atoms with van der Waals surface area (Å²) >= 11 is 0. The van der Waals surface area contributed by atoms with Crippen LogP contribution in [0.25, 0.3) is 16.8 Å². The molecule has 3 aromatic rings. The van der Waals surface area contributed by atoms with Crippen molar-refractivity contribution in [1.29, 1.82) is 0 Å². The standard InChI is InChI=1S/C18H16F3N3O4/c1-3-11-12(9-5-7-10(8-6-9)18(19,20)21)14-22-15(25)13(17(27)28-4-2)16(26)24(14)23-11/h5-8,22,25H,3-4H2,1-2H3. The fourth-order valence-electron chi connectivity index (χ4n) is 2.87. The van der Waals surface area contributed by atoms with E-state index in [1.807, 2.05) is 0 Å². The Morgan fingerprint density at radius 2 is 1.89 bits per heavy atom. The lowest BCUT2D eigenvalue weighted by molar-refractivity contribution is -0.137. The van der Waals surface area contributed by atoms with Gasteiger partial charge in [-0.05, 0) is 31.0 Å². The van der Waals surface area contributed by atoms with Crippen LogP contribution in [0, 0.1) is 0 Å². The lowest BCUT2D eigenvalue weighted by Gasteiger charge is -2.08. The Balaban J connectivity index is 2.24. The smallest absolute Gasteiger partial charge is 0.416 e. The lowest BCUT2D eigenvalue weighted by Crippen LogP contribution is -2.25. The number of nitrogens with one attached hydrogen (secondary N) is 1. The fourth-order valence-corrected chi connectivity index (χ4v) is 2.87. The van der Waals surface area contributed by atoms with Gasteiger partial charge in [-0.25, -0.2) is 4.79 Å². The van der Waals surface area contributed by atoms with Crippen LogP contribution < -0.4 is 5.56 Å². The zero-order valence-corrected chi connectivity index (χ0v) is 14.9. The minimum Gasteiger partial charge on any atom is -0.494 e. The Labute approximate surface area is 156 Å². The van der Waals surface area contributed by atoms with E-state index in [-0.39, 0.29) is 12.3 Å². The molecule has 7 nitrogen and oxygen atoms in total. The SMILES string of the molecule is CCOC(=O)c1c(O)[nH]c2c(-c3ccc(C(F)(F)F)cc3)c(CC)nn2c1=O. The predicted molar refractivity (Wildman–Crippen MR) is 93.3 cm³/mol. The maximum Gasteiger partial charge on any atom is 0.416 e. The number of carbonyl (C=O) groups is 1. The van der Waals surface area contributed by atoms with Gasteiger partial charge in [0.1, 0.15) is 5.65 Å². The summed E-state index contributed by atoms with van der Waals surface area (Å²) in [4.78, 5) is 27.1. The quantitative estimate of drug-likeness (QED) is 0.662. The Bertz CT molecular complexity index is 1100. The van der Waals surface area contributed by atoms with Crippen LogP contribution in [0.1, 0.15) is 35.5 Å². The summed E-state index contributed by atoms with van der Waals surface area (Å²) in [5.41, 5.74) is -1.10. The first-order valence-corrected chi connectivity index (χ1v) is 8.40. The van der Waals surface area contributed by atoms with Crippen LogP contribution in [0.15, 0.2) is 29.1 Å². The first kappa shape index (κ1) is 19.5. The van der Waals surface area contributed by atoms with E-state index in [0.29, 0.717) is 23.2 Å². The third-order valence-corrected chi connectivity index (χ3v) is 4.15. The van der Waals surface area contributed by atoms with Crippen LogP contribution >= 0.6 is 0 Å². The molecule has 3 rings (SSSR count). The maximum atomic E-state index is 12.8. The molecule has 10 heteroatoms. The number of fused-ring (bicyclic) bond motifs is 1. The summed E-state index contributed by atoms with van der Waals surface area (Å²) in [6, 6.07) is 4.35. The number of esters is 1. The number of aromatic nitrogens is 3. The molecule has 28 heavy (non-hydrogen) atoms. The number of hydrogen-bond acceptors (Lipinski definition) is 5. The van der Waals surface area contributed by atoms with Gasteiger partial charge in [-0.2, -0.15) is 22.8 Å². The number of aryl methyl sites for hydroxylation is 1. The Morgan fingerprint density at radius 1 is 1.25 bits per heavy atom. The molecule has 0 fully saturated rings. The van der Waals surface area contributed by atoms with E-state index in [2.05, 4.69) is 10.1 Å². The van der Waals surface area contributed by atoms with Crippen molar-refractivity contribution in [3.63, 3.8) is 0 Å². The molecule has 0 saturated heterocycles. The Kier molecular flexibility index (Phi) is 4.88. The average Bonchev–Trinajstić information content (AvgIpc) is 3.00. The first-order valence-electron chi connectivity index (χ1n) is 8.40. The second kappa shape index (κ2) is 7.02. The molecule has 1 aromatic carbocycles. The van der Waals surface area contributed by atoms with Crippen molar-refractivity contribution in [2.75, 3.05) is 6.61 Å². The van der Waals surface area contributed by atoms with E-state index in [1.165, 1.54) is 12.1 Å². The number of aromatic hydroxyl groups is 1. The zero-order chi connectivity index (χ0) is 20.6. The molecule has 0 aliphatic heterocycles. The van der Waals surface area contributed by atoms with E-state index < -0.39 is 34.7 Å². The molecule has 0 amide bonds. The number of carbonyl (C=O) groups excluding carboxylic acids is 1. The van der Waals surface area contributed by atoms with Crippen molar-refractivity contribution < 1.29 is 27.8 Å². The number of aromatic amines is 1. The van der Waals surface area contributed by atoms with Crippen LogP contribution in [0.4, 0.5) is 13.2 Å². The van der Waals surface area contributed by atoms with E-state index in [9.17, 15) is 27.9 Å². The molecule has 0 unspecified atom stereocenters. The van der Waals surface area contributed by atoms with E-state index in [4.69, 9.17) is 4.74 Å². The molecule has 2 aromatic heterocycles. The molecule has 2 N–H and O–H groups in total. The number of rotatable bonds is 4. The largest absolute Gasteiger partial charge is 0.494 e. The highest BCUT2D eigenvalue weighted by atomic mass is 19.4. The van der Waals surface area contributed by atoms with E-state index >= 15 is 0 Å². The molecule has 0 bridgehead atoms. The summed E-state index contributed by atoms with van der Waals surface area (Å²) in [5.74, 6) is -1.71. The summed E-state index contributed by atoms with van der Waals surface area (Å²) in [5, 5.41) is 14.3. The third-order valence-electron chi connectivity index (χ3n) is 4.15. The van der Waals surface area contributed by atoms with Gasteiger partial charge in [0.15, 0.2) is 5.56 Å². The molecule has 0 saturated carbocycles. The van der Waals surface area contributed by atoms with Gasteiger partial charge < -0.3 is 14.8 Å². The molecule has 148 valence electrons. The second-order valence-electron chi connectivity index (χ2n) is 5.88. The lowest BCUT2D eigenvalue weighted by atomic mass is 10.0. The molecule has 0 radical (unpaired) electrons. The van der Waals surface area contributed by atoms with E-state index in [1.54, 1.807) is 13.8 Å².